The van der Waals surface area contributed by atoms with Gasteiger partial charge in [0.25, 0.3) is 0 Å². The van der Waals surface area contributed by atoms with Crippen molar-refractivity contribution < 1.29 is 0 Å². The van der Waals surface area contributed by atoms with Crippen LogP contribution in [0.2, 0.25) is 0 Å². The number of aryl methyl sites for hydroxylation is 1. The van der Waals surface area contributed by atoms with Crippen molar-refractivity contribution in [2.45, 2.75) is 33.1 Å². The number of rotatable bonds is 1. The van der Waals surface area contributed by atoms with Crippen LogP contribution in [-0.2, 0) is 5.41 Å². The van der Waals surface area contributed by atoms with E-state index < -0.39 is 0 Å². The molecular formula is C17H19N3. The number of aromatic nitrogens is 3. The lowest BCUT2D eigenvalue weighted by atomic mass is 9.86. The van der Waals surface area contributed by atoms with Gasteiger partial charge in [0.05, 0.1) is 17.6 Å². The highest BCUT2D eigenvalue weighted by Crippen LogP contribution is 2.25. The number of hydrogen-bond acceptors (Lipinski definition) is 2. The predicted molar refractivity (Wildman–Crippen MR) is 81.9 cm³/mol. The number of nitrogens with zero attached hydrogens (tertiary/aromatic N) is 3. The summed E-state index contributed by atoms with van der Waals surface area (Å²) in [6, 6.07) is 12.7. The first-order valence-corrected chi connectivity index (χ1v) is 6.87. The molecule has 0 spiro atoms. The molecule has 0 saturated heterocycles. The second-order valence-electron chi connectivity index (χ2n) is 6.23. The summed E-state index contributed by atoms with van der Waals surface area (Å²) in [7, 11) is 0. The van der Waals surface area contributed by atoms with E-state index in [1.807, 2.05) is 29.8 Å². The fourth-order valence-electron chi connectivity index (χ4n) is 2.30. The Morgan fingerprint density at radius 1 is 0.950 bits per heavy atom. The van der Waals surface area contributed by atoms with Gasteiger partial charge in [-0.1, -0.05) is 45.0 Å². The molecule has 2 heterocycles. The molecular weight excluding hydrogens is 246 g/mol. The van der Waals surface area contributed by atoms with E-state index in [0.717, 1.165) is 22.6 Å². The molecule has 0 aliphatic heterocycles. The SMILES string of the molecule is Cc1cn2nc(-c3ccc(C(C)(C)C)cc3)ccc2n1. The zero-order valence-electron chi connectivity index (χ0n) is 12.4. The van der Waals surface area contributed by atoms with Crippen LogP contribution < -0.4 is 0 Å². The lowest BCUT2D eigenvalue weighted by molar-refractivity contribution is 0.590. The second kappa shape index (κ2) is 4.44. The summed E-state index contributed by atoms with van der Waals surface area (Å²) in [5.74, 6) is 0. The van der Waals surface area contributed by atoms with Crippen molar-refractivity contribution in [2.75, 3.05) is 0 Å². The van der Waals surface area contributed by atoms with Crippen molar-refractivity contribution in [3.8, 4) is 11.3 Å². The topological polar surface area (TPSA) is 30.2 Å². The minimum absolute atomic E-state index is 0.178. The Kier molecular flexibility index (Phi) is 2.85. The van der Waals surface area contributed by atoms with E-state index in [0.29, 0.717) is 0 Å². The highest BCUT2D eigenvalue weighted by Gasteiger charge is 2.13. The van der Waals surface area contributed by atoms with Crippen molar-refractivity contribution in [3.05, 3.63) is 53.9 Å². The second-order valence-corrected chi connectivity index (χ2v) is 6.23. The molecule has 0 saturated carbocycles. The zero-order valence-corrected chi connectivity index (χ0v) is 12.4. The van der Waals surface area contributed by atoms with Crippen molar-refractivity contribution in [3.63, 3.8) is 0 Å². The summed E-state index contributed by atoms with van der Waals surface area (Å²) in [5.41, 5.74) is 5.48. The van der Waals surface area contributed by atoms with Crippen LogP contribution in [0.15, 0.2) is 42.6 Å². The van der Waals surface area contributed by atoms with Gasteiger partial charge in [-0.3, -0.25) is 0 Å². The first-order chi connectivity index (χ1) is 9.43. The summed E-state index contributed by atoms with van der Waals surface area (Å²) < 4.78 is 1.84. The normalized spacial score (nSPS) is 12.0. The Morgan fingerprint density at radius 2 is 1.65 bits per heavy atom. The molecule has 0 bridgehead atoms. The summed E-state index contributed by atoms with van der Waals surface area (Å²) in [6.45, 7) is 8.65. The first-order valence-electron chi connectivity index (χ1n) is 6.87. The molecule has 1 aromatic carbocycles. The molecule has 0 radical (unpaired) electrons. The summed E-state index contributed by atoms with van der Waals surface area (Å²) in [5, 5.41) is 4.61. The molecule has 0 fully saturated rings. The minimum atomic E-state index is 0.178. The number of benzene rings is 1. The highest BCUT2D eigenvalue weighted by molar-refractivity contribution is 5.61. The van der Waals surface area contributed by atoms with E-state index in [1.54, 1.807) is 0 Å². The zero-order chi connectivity index (χ0) is 14.3. The Morgan fingerprint density at radius 3 is 2.30 bits per heavy atom. The average molecular weight is 265 g/mol. The predicted octanol–water partition coefficient (Wildman–Crippen LogP) is 4.00. The maximum atomic E-state index is 4.61. The molecule has 3 heteroatoms. The molecule has 3 aromatic rings. The minimum Gasteiger partial charge on any atom is -0.232 e. The summed E-state index contributed by atoms with van der Waals surface area (Å²) in [4.78, 5) is 4.39. The van der Waals surface area contributed by atoms with E-state index in [2.05, 4.69) is 55.1 Å². The maximum absolute atomic E-state index is 4.61. The van der Waals surface area contributed by atoms with E-state index in [9.17, 15) is 0 Å². The quantitative estimate of drug-likeness (QED) is 0.665. The summed E-state index contributed by atoms with van der Waals surface area (Å²) in [6.07, 6.45) is 1.95. The Bertz CT molecular complexity index is 746. The van der Waals surface area contributed by atoms with Crippen LogP contribution in [0.1, 0.15) is 32.0 Å². The molecule has 3 rings (SSSR count). The van der Waals surface area contributed by atoms with Gasteiger partial charge in [0.1, 0.15) is 0 Å². The molecule has 2 aromatic heterocycles. The Hall–Kier alpha value is -2.16. The maximum Gasteiger partial charge on any atom is 0.153 e. The molecule has 20 heavy (non-hydrogen) atoms. The third kappa shape index (κ3) is 2.31. The lowest BCUT2D eigenvalue weighted by Crippen LogP contribution is -2.10. The van der Waals surface area contributed by atoms with E-state index in [1.165, 1.54) is 5.56 Å². The molecule has 0 aliphatic rings. The van der Waals surface area contributed by atoms with Crippen LogP contribution in [0.4, 0.5) is 0 Å². The van der Waals surface area contributed by atoms with E-state index >= 15 is 0 Å². The molecule has 0 atom stereocenters. The molecule has 3 nitrogen and oxygen atoms in total. The largest absolute Gasteiger partial charge is 0.232 e. The average Bonchev–Trinajstić information content (AvgIpc) is 2.77. The Balaban J connectivity index is 2.02. The summed E-state index contributed by atoms with van der Waals surface area (Å²) >= 11 is 0. The van der Waals surface area contributed by atoms with Crippen molar-refractivity contribution in [2.24, 2.45) is 0 Å². The highest BCUT2D eigenvalue weighted by atomic mass is 15.2. The van der Waals surface area contributed by atoms with Crippen LogP contribution in [-0.4, -0.2) is 14.6 Å². The van der Waals surface area contributed by atoms with Crippen LogP contribution in [0.3, 0.4) is 0 Å². The van der Waals surface area contributed by atoms with Gasteiger partial charge in [0.15, 0.2) is 5.65 Å². The van der Waals surface area contributed by atoms with Crippen molar-refractivity contribution >= 4 is 5.65 Å². The van der Waals surface area contributed by atoms with Gasteiger partial charge in [-0.05, 0) is 30.0 Å². The van der Waals surface area contributed by atoms with Gasteiger partial charge in [-0.25, -0.2) is 9.50 Å². The number of hydrogen-bond donors (Lipinski definition) is 0. The smallest absolute Gasteiger partial charge is 0.153 e. The van der Waals surface area contributed by atoms with Gasteiger partial charge in [0, 0.05) is 5.56 Å². The monoisotopic (exact) mass is 265 g/mol. The third-order valence-electron chi connectivity index (χ3n) is 3.49. The number of imidazole rings is 1. The lowest BCUT2D eigenvalue weighted by Gasteiger charge is -2.19. The molecule has 0 amide bonds. The molecule has 0 unspecified atom stereocenters. The van der Waals surface area contributed by atoms with Gasteiger partial charge in [-0.15, -0.1) is 0 Å². The standard InChI is InChI=1S/C17H19N3/c1-12-11-20-16(18-12)10-9-15(19-20)13-5-7-14(8-6-13)17(2,3)4/h5-11H,1-4H3. The van der Waals surface area contributed by atoms with E-state index in [4.69, 9.17) is 0 Å². The van der Waals surface area contributed by atoms with Crippen LogP contribution in [0.5, 0.6) is 0 Å². The van der Waals surface area contributed by atoms with Crippen LogP contribution in [0, 0.1) is 6.92 Å². The van der Waals surface area contributed by atoms with Gasteiger partial charge in [-0.2, -0.15) is 5.10 Å². The fourth-order valence-corrected chi connectivity index (χ4v) is 2.30. The molecule has 102 valence electrons. The number of fused-ring (bicyclic) bond motifs is 1. The van der Waals surface area contributed by atoms with Gasteiger partial charge < -0.3 is 0 Å². The third-order valence-corrected chi connectivity index (χ3v) is 3.49. The molecule has 0 N–H and O–H groups in total. The molecule has 0 aliphatic carbocycles. The van der Waals surface area contributed by atoms with Gasteiger partial charge in [0.2, 0.25) is 0 Å². The Labute approximate surface area is 119 Å². The van der Waals surface area contributed by atoms with Crippen molar-refractivity contribution in [1.29, 1.82) is 0 Å². The van der Waals surface area contributed by atoms with Crippen LogP contribution >= 0.6 is 0 Å². The van der Waals surface area contributed by atoms with E-state index in [-0.39, 0.29) is 5.41 Å². The fraction of sp³-hybridized carbons (Fsp3) is 0.294. The first kappa shape index (κ1) is 12.9. The van der Waals surface area contributed by atoms with Gasteiger partial charge >= 0.3 is 0 Å². The van der Waals surface area contributed by atoms with Crippen molar-refractivity contribution in [1.82, 2.24) is 14.6 Å². The van der Waals surface area contributed by atoms with Crippen LogP contribution in [0.25, 0.3) is 16.9 Å².